The van der Waals surface area contributed by atoms with E-state index in [0.717, 1.165) is 11.3 Å². The van der Waals surface area contributed by atoms with Crippen molar-refractivity contribution in [2.75, 3.05) is 0 Å². The molecule has 0 bridgehead atoms. The van der Waals surface area contributed by atoms with E-state index in [2.05, 4.69) is 20.8 Å². The van der Waals surface area contributed by atoms with E-state index in [1.165, 1.54) is 0 Å². The molecule has 1 atom stereocenters. The van der Waals surface area contributed by atoms with Gasteiger partial charge in [-0.25, -0.2) is 0 Å². The summed E-state index contributed by atoms with van der Waals surface area (Å²) in [5.41, 5.74) is 1.09. The molecule has 2 rings (SSSR count). The van der Waals surface area contributed by atoms with Crippen LogP contribution in [0.5, 0.6) is 11.5 Å². The molecule has 1 unspecified atom stereocenters. The van der Waals surface area contributed by atoms with Gasteiger partial charge in [0.05, 0.1) is 0 Å². The number of phenolic OH excluding ortho intramolecular Hbond substituents is 1. The highest BCUT2D eigenvalue weighted by atomic mass is 16.5. The highest BCUT2D eigenvalue weighted by Crippen LogP contribution is 2.43. The fourth-order valence-electron chi connectivity index (χ4n) is 1.68. The average Bonchev–Trinajstić information content (AvgIpc) is 2.27. The Morgan fingerprint density at radius 1 is 1.38 bits per heavy atom. The van der Waals surface area contributed by atoms with Gasteiger partial charge in [-0.1, -0.05) is 13.8 Å². The van der Waals surface area contributed by atoms with E-state index in [1.807, 2.05) is 6.07 Å². The smallest absolute Gasteiger partial charge is 0.123 e. The Balaban J connectivity index is 2.57. The van der Waals surface area contributed by atoms with Crippen molar-refractivity contribution in [1.29, 1.82) is 0 Å². The SMILES string of the molecule is CC1Oc2ccc(O)cc2C1(C)C. The van der Waals surface area contributed by atoms with Gasteiger partial charge in [-0.3, -0.25) is 0 Å². The Kier molecular flexibility index (Phi) is 1.56. The number of benzene rings is 1. The molecule has 1 aliphatic heterocycles. The quantitative estimate of drug-likeness (QED) is 0.661. The summed E-state index contributed by atoms with van der Waals surface area (Å²) >= 11 is 0. The first-order valence-corrected chi connectivity index (χ1v) is 4.52. The topological polar surface area (TPSA) is 29.5 Å². The van der Waals surface area contributed by atoms with E-state index >= 15 is 0 Å². The minimum Gasteiger partial charge on any atom is -0.508 e. The predicted molar refractivity (Wildman–Crippen MR) is 51.2 cm³/mol. The van der Waals surface area contributed by atoms with Gasteiger partial charge in [-0.2, -0.15) is 0 Å². The first kappa shape index (κ1) is 8.42. The monoisotopic (exact) mass is 178 g/mol. The molecule has 70 valence electrons. The van der Waals surface area contributed by atoms with Crippen LogP contribution in [0.4, 0.5) is 0 Å². The summed E-state index contributed by atoms with van der Waals surface area (Å²) in [7, 11) is 0. The van der Waals surface area contributed by atoms with Gasteiger partial charge in [0.1, 0.15) is 17.6 Å². The summed E-state index contributed by atoms with van der Waals surface area (Å²) in [6.07, 6.45) is 0.171. The van der Waals surface area contributed by atoms with Crippen LogP contribution in [-0.4, -0.2) is 11.2 Å². The second-order valence-corrected chi connectivity index (χ2v) is 4.16. The van der Waals surface area contributed by atoms with Crippen LogP contribution < -0.4 is 4.74 Å². The summed E-state index contributed by atoms with van der Waals surface area (Å²) in [4.78, 5) is 0. The molecule has 0 saturated heterocycles. The van der Waals surface area contributed by atoms with Gasteiger partial charge in [-0.15, -0.1) is 0 Å². The molecule has 2 nitrogen and oxygen atoms in total. The van der Waals surface area contributed by atoms with Crippen molar-refractivity contribution in [3.8, 4) is 11.5 Å². The maximum Gasteiger partial charge on any atom is 0.123 e. The molecular formula is C11H14O2. The largest absolute Gasteiger partial charge is 0.508 e. The molecule has 0 saturated carbocycles. The van der Waals surface area contributed by atoms with Crippen LogP contribution in [0, 0.1) is 0 Å². The normalized spacial score (nSPS) is 23.8. The number of ether oxygens (including phenoxy) is 1. The minimum atomic E-state index is -0.00588. The molecule has 0 radical (unpaired) electrons. The molecule has 0 amide bonds. The Morgan fingerprint density at radius 2 is 2.08 bits per heavy atom. The Labute approximate surface area is 78.2 Å². The van der Waals surface area contributed by atoms with Crippen molar-refractivity contribution in [3.63, 3.8) is 0 Å². The Morgan fingerprint density at radius 3 is 2.77 bits per heavy atom. The zero-order valence-electron chi connectivity index (χ0n) is 8.16. The molecule has 1 aromatic carbocycles. The summed E-state index contributed by atoms with van der Waals surface area (Å²) in [6, 6.07) is 5.28. The fraction of sp³-hybridized carbons (Fsp3) is 0.455. The second-order valence-electron chi connectivity index (χ2n) is 4.16. The number of aromatic hydroxyl groups is 1. The number of rotatable bonds is 0. The van der Waals surface area contributed by atoms with Gasteiger partial charge in [0.25, 0.3) is 0 Å². The predicted octanol–water partition coefficient (Wildman–Crippen LogP) is 2.45. The van der Waals surface area contributed by atoms with Gasteiger partial charge in [0, 0.05) is 11.0 Å². The maximum absolute atomic E-state index is 9.36. The lowest BCUT2D eigenvalue weighted by Crippen LogP contribution is -2.28. The van der Waals surface area contributed by atoms with Crippen LogP contribution in [0.15, 0.2) is 18.2 Å². The third kappa shape index (κ3) is 1.09. The summed E-state index contributed by atoms with van der Waals surface area (Å²) in [5.74, 6) is 1.21. The summed E-state index contributed by atoms with van der Waals surface area (Å²) in [5, 5.41) is 9.36. The molecule has 0 aromatic heterocycles. The van der Waals surface area contributed by atoms with E-state index in [-0.39, 0.29) is 11.5 Å². The van der Waals surface area contributed by atoms with Crippen molar-refractivity contribution in [3.05, 3.63) is 23.8 Å². The van der Waals surface area contributed by atoms with Crippen molar-refractivity contribution in [2.24, 2.45) is 0 Å². The van der Waals surface area contributed by atoms with E-state index < -0.39 is 0 Å². The molecule has 1 aliphatic rings. The molecule has 0 fully saturated rings. The van der Waals surface area contributed by atoms with Gasteiger partial charge < -0.3 is 9.84 Å². The van der Waals surface area contributed by atoms with Crippen molar-refractivity contribution < 1.29 is 9.84 Å². The lowest BCUT2D eigenvalue weighted by molar-refractivity contribution is 0.185. The molecule has 0 aliphatic carbocycles. The first-order chi connectivity index (χ1) is 6.01. The van der Waals surface area contributed by atoms with E-state index in [9.17, 15) is 5.11 Å². The Bertz CT molecular complexity index is 342. The molecule has 1 N–H and O–H groups in total. The molecular weight excluding hydrogens is 164 g/mol. The number of phenols is 1. The summed E-state index contributed by atoms with van der Waals surface area (Å²) in [6.45, 7) is 6.31. The number of hydrogen-bond donors (Lipinski definition) is 1. The lowest BCUT2D eigenvalue weighted by atomic mass is 9.82. The lowest BCUT2D eigenvalue weighted by Gasteiger charge is -2.22. The van der Waals surface area contributed by atoms with Crippen LogP contribution in [0.3, 0.4) is 0 Å². The Hall–Kier alpha value is -1.18. The zero-order chi connectivity index (χ0) is 9.64. The van der Waals surface area contributed by atoms with E-state index in [1.54, 1.807) is 12.1 Å². The van der Waals surface area contributed by atoms with Crippen LogP contribution >= 0.6 is 0 Å². The fourth-order valence-corrected chi connectivity index (χ4v) is 1.68. The number of fused-ring (bicyclic) bond motifs is 1. The highest BCUT2D eigenvalue weighted by molar-refractivity contribution is 5.47. The molecule has 0 spiro atoms. The summed E-state index contributed by atoms with van der Waals surface area (Å²) < 4.78 is 5.67. The zero-order valence-corrected chi connectivity index (χ0v) is 8.16. The molecule has 13 heavy (non-hydrogen) atoms. The van der Waals surface area contributed by atoms with Crippen LogP contribution in [0.2, 0.25) is 0 Å². The highest BCUT2D eigenvalue weighted by Gasteiger charge is 2.38. The standard InChI is InChI=1S/C11H14O2/c1-7-11(2,3)9-6-8(12)4-5-10(9)13-7/h4-7,12H,1-3H3. The molecule has 2 heteroatoms. The molecule has 1 heterocycles. The third-order valence-electron chi connectivity index (χ3n) is 2.98. The van der Waals surface area contributed by atoms with E-state index in [0.29, 0.717) is 5.75 Å². The third-order valence-corrected chi connectivity index (χ3v) is 2.98. The van der Waals surface area contributed by atoms with E-state index in [4.69, 9.17) is 4.74 Å². The van der Waals surface area contributed by atoms with Gasteiger partial charge in [0.2, 0.25) is 0 Å². The number of hydrogen-bond acceptors (Lipinski definition) is 2. The maximum atomic E-state index is 9.36. The van der Waals surface area contributed by atoms with Crippen molar-refractivity contribution >= 4 is 0 Å². The van der Waals surface area contributed by atoms with Crippen LogP contribution in [0.1, 0.15) is 26.3 Å². The minimum absolute atomic E-state index is 0.00588. The van der Waals surface area contributed by atoms with Crippen molar-refractivity contribution in [2.45, 2.75) is 32.3 Å². The first-order valence-electron chi connectivity index (χ1n) is 4.52. The van der Waals surface area contributed by atoms with Crippen molar-refractivity contribution in [1.82, 2.24) is 0 Å². The second kappa shape index (κ2) is 2.41. The van der Waals surface area contributed by atoms with Gasteiger partial charge in [-0.05, 0) is 25.1 Å². The van der Waals surface area contributed by atoms with Crippen LogP contribution in [-0.2, 0) is 5.41 Å². The van der Waals surface area contributed by atoms with Crippen LogP contribution in [0.25, 0.3) is 0 Å². The van der Waals surface area contributed by atoms with Gasteiger partial charge >= 0.3 is 0 Å². The average molecular weight is 178 g/mol. The van der Waals surface area contributed by atoms with Gasteiger partial charge in [0.15, 0.2) is 0 Å². The molecule has 1 aromatic rings.